The Labute approximate surface area is 112 Å². The Hall–Kier alpha value is -1.63. The molecule has 20 heavy (non-hydrogen) atoms. The van der Waals surface area contributed by atoms with E-state index in [0.29, 0.717) is 12.8 Å². The topological polar surface area (TPSA) is 40.5 Å². The number of rotatable bonds is 5. The van der Waals surface area contributed by atoms with Gasteiger partial charge in [-0.25, -0.2) is 9.18 Å². The summed E-state index contributed by atoms with van der Waals surface area (Å²) >= 11 is 0. The van der Waals surface area contributed by atoms with E-state index in [4.69, 9.17) is 5.11 Å². The van der Waals surface area contributed by atoms with Crippen LogP contribution in [0.15, 0.2) is 18.2 Å². The fourth-order valence-electron chi connectivity index (χ4n) is 2.03. The normalized spacial score (nSPS) is 15.7. The fourth-order valence-corrected chi connectivity index (χ4v) is 2.03. The van der Waals surface area contributed by atoms with Crippen molar-refractivity contribution in [2.45, 2.75) is 31.6 Å². The highest BCUT2D eigenvalue weighted by molar-refractivity contribution is 5.87. The third kappa shape index (κ3) is 3.93. The summed E-state index contributed by atoms with van der Waals surface area (Å²) in [6.45, 7) is -1.36. The number of carboxylic acids is 1. The first-order valence-corrected chi connectivity index (χ1v) is 6.09. The van der Waals surface area contributed by atoms with Crippen LogP contribution in [0.4, 0.5) is 17.6 Å². The summed E-state index contributed by atoms with van der Waals surface area (Å²) in [5, 5.41) is 8.83. The Kier molecular flexibility index (Phi) is 3.99. The first kappa shape index (κ1) is 14.8. The zero-order chi connectivity index (χ0) is 14.9. The molecule has 0 bridgehead atoms. The van der Waals surface area contributed by atoms with Gasteiger partial charge in [-0.3, -0.25) is 4.90 Å². The maximum Gasteiger partial charge on any atom is 0.401 e. The Balaban J connectivity index is 2.17. The molecule has 110 valence electrons. The van der Waals surface area contributed by atoms with E-state index < -0.39 is 24.5 Å². The highest BCUT2D eigenvalue weighted by atomic mass is 19.4. The fraction of sp³-hybridized carbons (Fsp3) is 0.462. The van der Waals surface area contributed by atoms with Crippen LogP contribution in [0, 0.1) is 5.82 Å². The van der Waals surface area contributed by atoms with E-state index in [9.17, 15) is 22.4 Å². The molecule has 2 rings (SSSR count). The van der Waals surface area contributed by atoms with E-state index >= 15 is 0 Å². The maximum atomic E-state index is 13.6. The summed E-state index contributed by atoms with van der Waals surface area (Å²) in [6, 6.07) is 2.94. The smallest absolute Gasteiger partial charge is 0.401 e. The number of benzene rings is 1. The molecule has 0 heterocycles. The van der Waals surface area contributed by atoms with Gasteiger partial charge in [0.15, 0.2) is 0 Å². The lowest BCUT2D eigenvalue weighted by Gasteiger charge is -2.23. The molecule has 0 spiro atoms. The van der Waals surface area contributed by atoms with E-state index in [1.165, 1.54) is 0 Å². The maximum absolute atomic E-state index is 13.6. The van der Waals surface area contributed by atoms with Crippen LogP contribution in [0.3, 0.4) is 0 Å². The van der Waals surface area contributed by atoms with Crippen molar-refractivity contribution in [1.29, 1.82) is 0 Å². The van der Waals surface area contributed by atoms with E-state index in [1.807, 2.05) is 0 Å². The van der Waals surface area contributed by atoms with Gasteiger partial charge in [-0.1, -0.05) is 0 Å². The predicted octanol–water partition coefficient (Wildman–Crippen LogP) is 3.05. The standard InChI is InChI=1S/C13H13F4NO2/c14-11-4-1-8(12(19)20)5-9(11)6-18(10-2-3-10)7-13(15,16)17/h1,4-5,10H,2-3,6-7H2,(H,19,20). The number of carboxylic acid groups (broad SMARTS) is 1. The Bertz CT molecular complexity index is 512. The molecule has 7 heteroatoms. The lowest BCUT2D eigenvalue weighted by molar-refractivity contribution is -0.148. The van der Waals surface area contributed by atoms with Crippen molar-refractivity contribution in [3.05, 3.63) is 35.1 Å². The second-order valence-corrected chi connectivity index (χ2v) is 4.86. The van der Waals surface area contributed by atoms with Crippen molar-refractivity contribution >= 4 is 5.97 Å². The van der Waals surface area contributed by atoms with Gasteiger partial charge in [-0.15, -0.1) is 0 Å². The van der Waals surface area contributed by atoms with Crippen molar-refractivity contribution in [1.82, 2.24) is 4.90 Å². The van der Waals surface area contributed by atoms with Crippen molar-refractivity contribution in [2.75, 3.05) is 6.54 Å². The van der Waals surface area contributed by atoms with Gasteiger partial charge in [0, 0.05) is 18.2 Å². The molecule has 3 nitrogen and oxygen atoms in total. The minimum Gasteiger partial charge on any atom is -0.478 e. The molecule has 1 saturated carbocycles. The molecule has 1 aliphatic rings. The molecule has 0 unspecified atom stereocenters. The van der Waals surface area contributed by atoms with Crippen LogP contribution < -0.4 is 0 Å². The summed E-state index contributed by atoms with van der Waals surface area (Å²) in [4.78, 5) is 12.0. The Morgan fingerprint density at radius 1 is 1.35 bits per heavy atom. The molecule has 1 aliphatic carbocycles. The first-order valence-electron chi connectivity index (χ1n) is 6.09. The quantitative estimate of drug-likeness (QED) is 0.848. The average Bonchev–Trinajstić information content (AvgIpc) is 3.12. The Morgan fingerprint density at radius 2 is 2.00 bits per heavy atom. The molecule has 0 aromatic heterocycles. The molecule has 1 fully saturated rings. The van der Waals surface area contributed by atoms with Gasteiger partial charge in [0.05, 0.1) is 12.1 Å². The number of hydrogen-bond donors (Lipinski definition) is 1. The molecule has 0 amide bonds. The summed E-state index contributed by atoms with van der Waals surface area (Å²) < 4.78 is 51.0. The lowest BCUT2D eigenvalue weighted by atomic mass is 10.1. The van der Waals surface area contributed by atoms with E-state index in [-0.39, 0.29) is 23.7 Å². The highest BCUT2D eigenvalue weighted by Gasteiger charge is 2.38. The third-order valence-corrected chi connectivity index (χ3v) is 3.11. The molecule has 1 N–H and O–H groups in total. The third-order valence-electron chi connectivity index (χ3n) is 3.11. The summed E-state index contributed by atoms with van der Waals surface area (Å²) in [6.07, 6.45) is -3.06. The minimum absolute atomic E-state index is 0.0268. The van der Waals surface area contributed by atoms with Crippen LogP contribution in [-0.2, 0) is 6.54 Å². The second kappa shape index (κ2) is 5.40. The van der Waals surface area contributed by atoms with Gasteiger partial charge in [0.1, 0.15) is 5.82 Å². The van der Waals surface area contributed by atoms with Crippen molar-refractivity contribution < 1.29 is 27.5 Å². The molecular weight excluding hydrogens is 278 g/mol. The number of carbonyl (C=O) groups is 1. The zero-order valence-electron chi connectivity index (χ0n) is 10.5. The van der Waals surface area contributed by atoms with Gasteiger partial charge >= 0.3 is 12.1 Å². The number of halogens is 4. The zero-order valence-corrected chi connectivity index (χ0v) is 10.5. The van der Waals surface area contributed by atoms with Crippen LogP contribution >= 0.6 is 0 Å². The molecular formula is C13H13F4NO2. The minimum atomic E-state index is -4.36. The van der Waals surface area contributed by atoms with Crippen LogP contribution in [-0.4, -0.2) is 34.7 Å². The number of aromatic carboxylic acids is 1. The molecule has 0 saturated heterocycles. The predicted molar refractivity (Wildman–Crippen MR) is 62.8 cm³/mol. The number of alkyl halides is 3. The van der Waals surface area contributed by atoms with Gasteiger partial charge in [-0.05, 0) is 31.0 Å². The van der Waals surface area contributed by atoms with Crippen LogP contribution in [0.5, 0.6) is 0 Å². The van der Waals surface area contributed by atoms with Gasteiger partial charge in [0.2, 0.25) is 0 Å². The van der Waals surface area contributed by atoms with E-state index in [1.54, 1.807) is 0 Å². The first-order chi connectivity index (χ1) is 9.26. The van der Waals surface area contributed by atoms with Crippen LogP contribution in [0.25, 0.3) is 0 Å². The lowest BCUT2D eigenvalue weighted by Crippen LogP contribution is -2.35. The summed E-state index contributed by atoms with van der Waals surface area (Å²) in [5.41, 5.74) is -0.162. The number of nitrogens with zero attached hydrogens (tertiary/aromatic N) is 1. The largest absolute Gasteiger partial charge is 0.478 e. The van der Waals surface area contributed by atoms with E-state index in [2.05, 4.69) is 0 Å². The van der Waals surface area contributed by atoms with E-state index in [0.717, 1.165) is 23.1 Å². The molecule has 0 radical (unpaired) electrons. The highest BCUT2D eigenvalue weighted by Crippen LogP contribution is 2.31. The average molecular weight is 291 g/mol. The van der Waals surface area contributed by atoms with Gasteiger partial charge < -0.3 is 5.11 Å². The monoisotopic (exact) mass is 291 g/mol. The van der Waals surface area contributed by atoms with Gasteiger partial charge in [0.25, 0.3) is 0 Å². The molecule has 1 aromatic rings. The molecule has 0 atom stereocenters. The van der Waals surface area contributed by atoms with Crippen molar-refractivity contribution in [2.24, 2.45) is 0 Å². The SMILES string of the molecule is O=C(O)c1ccc(F)c(CN(CC(F)(F)F)C2CC2)c1. The summed E-state index contributed by atoms with van der Waals surface area (Å²) in [7, 11) is 0. The van der Waals surface area contributed by atoms with Crippen LogP contribution in [0.2, 0.25) is 0 Å². The Morgan fingerprint density at radius 3 is 2.50 bits per heavy atom. The summed E-state index contributed by atoms with van der Waals surface area (Å²) in [5.74, 6) is -1.93. The molecule has 1 aromatic carbocycles. The van der Waals surface area contributed by atoms with Crippen molar-refractivity contribution in [3.8, 4) is 0 Å². The van der Waals surface area contributed by atoms with Crippen molar-refractivity contribution in [3.63, 3.8) is 0 Å². The van der Waals surface area contributed by atoms with Crippen LogP contribution in [0.1, 0.15) is 28.8 Å². The van der Waals surface area contributed by atoms with Gasteiger partial charge in [-0.2, -0.15) is 13.2 Å². The second-order valence-electron chi connectivity index (χ2n) is 4.86. The molecule has 0 aliphatic heterocycles. The number of hydrogen-bond acceptors (Lipinski definition) is 2.